The number of H-pyrrole nitrogens is 1. The van der Waals surface area contributed by atoms with Crippen molar-refractivity contribution in [1.82, 2.24) is 25.3 Å². The van der Waals surface area contributed by atoms with Crippen LogP contribution in [-0.4, -0.2) is 25.3 Å². The van der Waals surface area contributed by atoms with Crippen LogP contribution in [0.5, 0.6) is 0 Å². The van der Waals surface area contributed by atoms with E-state index in [9.17, 15) is 0 Å². The molecule has 0 bridgehead atoms. The second-order valence-electron chi connectivity index (χ2n) is 7.22. The quantitative estimate of drug-likeness (QED) is 0.432. The van der Waals surface area contributed by atoms with Gasteiger partial charge in [0, 0.05) is 41.1 Å². The Morgan fingerprint density at radius 3 is 2.76 bits per heavy atom. The first-order valence-electron chi connectivity index (χ1n) is 9.66. The summed E-state index contributed by atoms with van der Waals surface area (Å²) in [6.45, 7) is 2.37. The van der Waals surface area contributed by atoms with Crippen LogP contribution in [0, 0.1) is 6.92 Å². The molecule has 0 atom stereocenters. The third-order valence-electron chi connectivity index (χ3n) is 4.77. The summed E-state index contributed by atoms with van der Waals surface area (Å²) in [4.78, 5) is 8.98. The van der Waals surface area contributed by atoms with E-state index in [-0.39, 0.29) is 0 Å². The molecule has 8 heteroatoms. The number of nitrogens with zero attached hydrogens (tertiary/aromatic N) is 4. The van der Waals surface area contributed by atoms with E-state index in [1.54, 1.807) is 0 Å². The zero-order valence-corrected chi connectivity index (χ0v) is 16.0. The summed E-state index contributed by atoms with van der Waals surface area (Å²) >= 11 is 0. The Morgan fingerprint density at radius 1 is 1.07 bits per heavy atom. The fraction of sp³-hybridized carbons (Fsp3) is 0.238. The molecule has 1 saturated carbocycles. The lowest BCUT2D eigenvalue weighted by atomic mass is 10.1. The monoisotopic (exact) mass is 387 g/mol. The standard InChI is InChI=1S/C21H21N7O/c1-13-9-19(24-20-11-17(26-27-20)15-7-8-15)25-21(23-13)22-12-16-10-18(28-29-16)14-5-3-2-4-6-14/h2-6,9-11,15H,7-8,12H2,1H3,(H3,22,23,24,25,26,27). The van der Waals surface area contributed by atoms with Crippen LogP contribution in [-0.2, 0) is 6.54 Å². The van der Waals surface area contributed by atoms with Gasteiger partial charge in [-0.3, -0.25) is 5.10 Å². The number of hydrogen-bond acceptors (Lipinski definition) is 7. The fourth-order valence-corrected chi connectivity index (χ4v) is 3.15. The van der Waals surface area contributed by atoms with Crippen molar-refractivity contribution in [2.75, 3.05) is 10.6 Å². The van der Waals surface area contributed by atoms with Gasteiger partial charge in [0.15, 0.2) is 11.6 Å². The summed E-state index contributed by atoms with van der Waals surface area (Å²) in [5, 5.41) is 18.0. The van der Waals surface area contributed by atoms with Gasteiger partial charge in [0.25, 0.3) is 0 Å². The molecule has 0 amide bonds. The minimum Gasteiger partial charge on any atom is -0.359 e. The van der Waals surface area contributed by atoms with Crippen molar-refractivity contribution < 1.29 is 4.52 Å². The molecule has 4 aromatic rings. The Bertz CT molecular complexity index is 1120. The van der Waals surface area contributed by atoms with Crippen LogP contribution in [0.3, 0.4) is 0 Å². The largest absolute Gasteiger partial charge is 0.359 e. The van der Waals surface area contributed by atoms with Crippen LogP contribution in [0.4, 0.5) is 17.6 Å². The molecule has 3 aromatic heterocycles. The lowest BCUT2D eigenvalue weighted by Gasteiger charge is -2.07. The van der Waals surface area contributed by atoms with E-state index in [4.69, 9.17) is 4.52 Å². The topological polar surface area (TPSA) is 105 Å². The highest BCUT2D eigenvalue weighted by Crippen LogP contribution is 2.39. The fourth-order valence-electron chi connectivity index (χ4n) is 3.15. The summed E-state index contributed by atoms with van der Waals surface area (Å²) < 4.78 is 5.43. The molecule has 3 heterocycles. The molecule has 29 heavy (non-hydrogen) atoms. The number of rotatable bonds is 7. The zero-order chi connectivity index (χ0) is 19.6. The number of aryl methyl sites for hydroxylation is 1. The SMILES string of the molecule is Cc1cc(Nc2cc(C3CC3)[nH]n2)nc(NCc2cc(-c3ccccc3)no2)n1. The number of anilines is 3. The first-order chi connectivity index (χ1) is 14.2. The Labute approximate surface area is 167 Å². The lowest BCUT2D eigenvalue weighted by Crippen LogP contribution is -2.06. The summed E-state index contributed by atoms with van der Waals surface area (Å²) in [5.74, 6) is 3.31. The van der Waals surface area contributed by atoms with E-state index < -0.39 is 0 Å². The predicted octanol–water partition coefficient (Wildman–Crippen LogP) is 4.40. The molecule has 0 aliphatic heterocycles. The van der Waals surface area contributed by atoms with Gasteiger partial charge in [-0.05, 0) is 19.8 Å². The molecule has 0 saturated heterocycles. The number of aromatic nitrogens is 5. The molecule has 146 valence electrons. The highest BCUT2D eigenvalue weighted by atomic mass is 16.5. The highest BCUT2D eigenvalue weighted by molar-refractivity contribution is 5.58. The lowest BCUT2D eigenvalue weighted by molar-refractivity contribution is 0.390. The smallest absolute Gasteiger partial charge is 0.225 e. The minimum atomic E-state index is 0.441. The van der Waals surface area contributed by atoms with Crippen molar-refractivity contribution >= 4 is 17.6 Å². The van der Waals surface area contributed by atoms with Crippen molar-refractivity contribution in [3.8, 4) is 11.3 Å². The van der Waals surface area contributed by atoms with Crippen molar-refractivity contribution in [2.24, 2.45) is 0 Å². The predicted molar refractivity (Wildman–Crippen MR) is 110 cm³/mol. The minimum absolute atomic E-state index is 0.441. The molecule has 1 aromatic carbocycles. The van der Waals surface area contributed by atoms with Gasteiger partial charge in [-0.1, -0.05) is 35.5 Å². The maximum atomic E-state index is 5.43. The van der Waals surface area contributed by atoms with Crippen LogP contribution in [0.25, 0.3) is 11.3 Å². The maximum Gasteiger partial charge on any atom is 0.225 e. The van der Waals surface area contributed by atoms with E-state index >= 15 is 0 Å². The van der Waals surface area contributed by atoms with Crippen LogP contribution in [0.2, 0.25) is 0 Å². The third kappa shape index (κ3) is 4.11. The van der Waals surface area contributed by atoms with E-state index in [0.717, 1.165) is 22.8 Å². The number of aromatic amines is 1. The maximum absolute atomic E-state index is 5.43. The van der Waals surface area contributed by atoms with Gasteiger partial charge >= 0.3 is 0 Å². The molecule has 1 fully saturated rings. The number of nitrogens with one attached hydrogen (secondary N) is 3. The molecule has 1 aliphatic rings. The average Bonchev–Trinajstić information content (AvgIpc) is 3.29. The van der Waals surface area contributed by atoms with E-state index in [0.29, 0.717) is 30.0 Å². The van der Waals surface area contributed by atoms with Crippen molar-refractivity contribution in [2.45, 2.75) is 32.2 Å². The molecule has 3 N–H and O–H groups in total. The van der Waals surface area contributed by atoms with Crippen LogP contribution >= 0.6 is 0 Å². The van der Waals surface area contributed by atoms with Gasteiger partial charge in [0.1, 0.15) is 11.5 Å². The van der Waals surface area contributed by atoms with Crippen molar-refractivity contribution in [1.29, 1.82) is 0 Å². The number of benzene rings is 1. The third-order valence-corrected chi connectivity index (χ3v) is 4.77. The Hall–Kier alpha value is -3.68. The molecule has 5 rings (SSSR count). The summed E-state index contributed by atoms with van der Waals surface area (Å²) in [6, 6.07) is 15.8. The second-order valence-corrected chi connectivity index (χ2v) is 7.22. The average molecular weight is 387 g/mol. The van der Waals surface area contributed by atoms with Gasteiger partial charge in [-0.15, -0.1) is 0 Å². The molecule has 8 nitrogen and oxygen atoms in total. The van der Waals surface area contributed by atoms with Gasteiger partial charge < -0.3 is 15.2 Å². The summed E-state index contributed by atoms with van der Waals surface area (Å²) in [6.07, 6.45) is 2.46. The van der Waals surface area contributed by atoms with Gasteiger partial charge in [0.2, 0.25) is 5.95 Å². The Kier molecular flexibility index (Phi) is 4.44. The molecular formula is C21H21N7O. The highest BCUT2D eigenvalue weighted by Gasteiger charge is 2.25. The first-order valence-corrected chi connectivity index (χ1v) is 9.66. The number of hydrogen-bond donors (Lipinski definition) is 3. The van der Waals surface area contributed by atoms with Crippen LogP contribution < -0.4 is 10.6 Å². The van der Waals surface area contributed by atoms with Crippen LogP contribution in [0.1, 0.15) is 35.9 Å². The zero-order valence-electron chi connectivity index (χ0n) is 16.0. The molecule has 0 radical (unpaired) electrons. The second kappa shape index (κ2) is 7.38. The Balaban J connectivity index is 1.26. The molecular weight excluding hydrogens is 366 g/mol. The normalized spacial score (nSPS) is 13.4. The van der Waals surface area contributed by atoms with Gasteiger partial charge in [-0.25, -0.2) is 4.98 Å². The summed E-state index contributed by atoms with van der Waals surface area (Å²) in [7, 11) is 0. The van der Waals surface area contributed by atoms with Gasteiger partial charge in [0.05, 0.1) is 6.54 Å². The van der Waals surface area contributed by atoms with Crippen molar-refractivity contribution in [3.63, 3.8) is 0 Å². The van der Waals surface area contributed by atoms with E-state index in [1.807, 2.05) is 55.5 Å². The molecule has 0 spiro atoms. The van der Waals surface area contributed by atoms with E-state index in [2.05, 4.69) is 36.0 Å². The molecule has 1 aliphatic carbocycles. The van der Waals surface area contributed by atoms with Crippen LogP contribution in [0.15, 0.2) is 53.1 Å². The molecule has 0 unspecified atom stereocenters. The first kappa shape index (κ1) is 17.4. The van der Waals surface area contributed by atoms with Crippen molar-refractivity contribution in [3.05, 3.63) is 65.7 Å². The summed E-state index contributed by atoms with van der Waals surface area (Å²) in [5.41, 5.74) is 3.85. The van der Waals surface area contributed by atoms with Gasteiger partial charge in [-0.2, -0.15) is 10.1 Å². The van der Waals surface area contributed by atoms with E-state index in [1.165, 1.54) is 18.5 Å². The Morgan fingerprint density at radius 2 is 1.93 bits per heavy atom.